The number of benzene rings is 5. The summed E-state index contributed by atoms with van der Waals surface area (Å²) in [6.45, 7) is 6.36. The molecular formula is C47H37FN4OPt. The molecule has 2 atom stereocenters. The molecule has 0 radical (unpaired) electrons. The maximum Gasteiger partial charge on any atom is 2.00 e. The van der Waals surface area contributed by atoms with Gasteiger partial charge in [-0.2, -0.15) is 16.7 Å². The third-order valence-electron chi connectivity index (χ3n) is 10.5. The first-order chi connectivity index (χ1) is 25.9. The summed E-state index contributed by atoms with van der Waals surface area (Å²) in [5.41, 5.74) is 10.8. The monoisotopic (exact) mass is 887 g/mol. The average Bonchev–Trinajstić information content (AvgIpc) is 3.67. The van der Waals surface area contributed by atoms with Gasteiger partial charge in [-0.1, -0.05) is 97.4 Å². The number of para-hydroxylation sites is 1. The molecule has 5 aromatic carbocycles. The van der Waals surface area contributed by atoms with Gasteiger partial charge in [-0.15, -0.1) is 35.7 Å². The largest absolute Gasteiger partial charge is 2.00 e. The van der Waals surface area contributed by atoms with E-state index in [1.165, 1.54) is 40.6 Å². The summed E-state index contributed by atoms with van der Waals surface area (Å²) in [6, 6.07) is 47.5. The van der Waals surface area contributed by atoms with Crippen molar-refractivity contribution in [1.82, 2.24) is 19.3 Å². The maximum atomic E-state index is 14.4. The average molecular weight is 888 g/mol. The van der Waals surface area contributed by atoms with E-state index in [0.29, 0.717) is 23.2 Å². The van der Waals surface area contributed by atoms with E-state index in [9.17, 15) is 4.39 Å². The van der Waals surface area contributed by atoms with E-state index in [1.807, 2.05) is 45.6 Å². The molecule has 0 bridgehead atoms. The Morgan fingerprint density at radius 1 is 0.778 bits per heavy atom. The third kappa shape index (κ3) is 6.39. The fourth-order valence-corrected chi connectivity index (χ4v) is 8.25. The predicted molar refractivity (Wildman–Crippen MR) is 210 cm³/mol. The molecule has 5 nitrogen and oxygen atoms in total. The van der Waals surface area contributed by atoms with E-state index in [-0.39, 0.29) is 32.8 Å². The minimum Gasteiger partial charge on any atom is -0.509 e. The topological polar surface area (TPSA) is 44.9 Å². The molecule has 0 saturated carbocycles. The smallest absolute Gasteiger partial charge is 0.509 e. The summed E-state index contributed by atoms with van der Waals surface area (Å²) in [5, 5.41) is 7.17. The van der Waals surface area contributed by atoms with Crippen molar-refractivity contribution in [2.75, 3.05) is 0 Å². The fraction of sp³-hybridized carbons (Fsp3) is 0.149. The molecule has 0 saturated heterocycles. The molecule has 0 fully saturated rings. The summed E-state index contributed by atoms with van der Waals surface area (Å²) in [6.07, 6.45) is 6.01. The zero-order valence-electron chi connectivity index (χ0n) is 30.2. The van der Waals surface area contributed by atoms with Gasteiger partial charge < -0.3 is 9.30 Å². The maximum absolute atomic E-state index is 14.4. The van der Waals surface area contributed by atoms with Gasteiger partial charge in [-0.25, -0.2) is 9.37 Å². The van der Waals surface area contributed by atoms with Gasteiger partial charge >= 0.3 is 21.1 Å². The van der Waals surface area contributed by atoms with E-state index in [0.717, 1.165) is 57.3 Å². The number of ether oxygens (including phenoxy) is 1. The van der Waals surface area contributed by atoms with E-state index in [1.54, 1.807) is 0 Å². The molecule has 54 heavy (non-hydrogen) atoms. The first-order valence-electron chi connectivity index (χ1n) is 18.1. The van der Waals surface area contributed by atoms with Crippen molar-refractivity contribution in [2.45, 2.75) is 45.4 Å². The number of fused-ring (bicyclic) bond motifs is 3. The van der Waals surface area contributed by atoms with Gasteiger partial charge in [0.25, 0.3) is 0 Å². The van der Waals surface area contributed by atoms with Crippen LogP contribution >= 0.6 is 0 Å². The minimum atomic E-state index is -0.353. The van der Waals surface area contributed by atoms with Crippen LogP contribution in [0.2, 0.25) is 0 Å². The number of rotatable bonds is 7. The van der Waals surface area contributed by atoms with Gasteiger partial charge in [-0.05, 0) is 72.5 Å². The van der Waals surface area contributed by atoms with Crippen LogP contribution in [0.1, 0.15) is 58.3 Å². The van der Waals surface area contributed by atoms with Crippen LogP contribution in [-0.4, -0.2) is 19.3 Å². The number of pyridine rings is 1. The second-order valence-electron chi connectivity index (χ2n) is 13.9. The first kappa shape index (κ1) is 35.4. The molecule has 0 amide bonds. The number of nitrogens with zero attached hydrogens (tertiary/aromatic N) is 4. The number of hydrogen-bond donors (Lipinski definition) is 0. The molecule has 0 N–H and O–H groups in total. The fourth-order valence-electron chi connectivity index (χ4n) is 8.25. The SMILES string of the molecule is Cc1cc(Oc2[c-]c3c(cc2)c2ccccc2n3-c2cc(F)ccn2)[c-]c(-n2nc(C)c(C3C(c4ccccc4)=CCC[C@@H]3c3ccccc3)c2C)c1.[Pt+2]. The standard InChI is InChI=1S/C47H37FN4O.Pt/c1-30-25-36(28-38(26-30)53-37-21-22-42-41-17-10-11-20-43(41)51(44(42)29-37)45-27-35(48)23-24-49-45)52-32(3)46(31(2)50-52)47-39(33-13-6-4-7-14-33)18-12-19-40(47)34-15-8-5-9-16-34;/h4-11,13-18,20-27,40,47H,12,19H2,1-3H3;/q-2;+2/t40-,47?;/m1./s1. The summed E-state index contributed by atoms with van der Waals surface area (Å²) in [4.78, 5) is 4.49. The second kappa shape index (κ2) is 14.7. The summed E-state index contributed by atoms with van der Waals surface area (Å²) < 4.78 is 24.9. The van der Waals surface area contributed by atoms with Crippen LogP contribution in [0.25, 0.3) is 38.9 Å². The quantitative estimate of drug-likeness (QED) is 0.150. The van der Waals surface area contributed by atoms with Gasteiger partial charge in [0.1, 0.15) is 11.6 Å². The molecule has 1 unspecified atom stereocenters. The summed E-state index contributed by atoms with van der Waals surface area (Å²) >= 11 is 0. The molecular weight excluding hydrogens is 851 g/mol. The van der Waals surface area contributed by atoms with Gasteiger partial charge in [0, 0.05) is 46.5 Å². The molecule has 0 spiro atoms. The van der Waals surface area contributed by atoms with Crippen molar-refractivity contribution in [2.24, 2.45) is 0 Å². The van der Waals surface area contributed by atoms with Crippen molar-refractivity contribution in [3.05, 3.63) is 185 Å². The number of allylic oxidation sites excluding steroid dienone is 2. The zero-order chi connectivity index (χ0) is 36.1. The van der Waals surface area contributed by atoms with Crippen molar-refractivity contribution in [1.29, 1.82) is 0 Å². The van der Waals surface area contributed by atoms with Crippen LogP contribution in [0, 0.1) is 38.7 Å². The van der Waals surface area contributed by atoms with Crippen molar-refractivity contribution < 1.29 is 30.2 Å². The van der Waals surface area contributed by atoms with Gasteiger partial charge in [0.15, 0.2) is 0 Å². The Balaban J connectivity index is 0.00000413. The Bertz CT molecular complexity index is 2660. The van der Waals surface area contributed by atoms with Crippen molar-refractivity contribution in [3.63, 3.8) is 0 Å². The summed E-state index contributed by atoms with van der Waals surface area (Å²) in [7, 11) is 0. The van der Waals surface area contributed by atoms with Crippen LogP contribution in [-0.2, 0) is 21.1 Å². The molecule has 8 aromatic rings. The molecule has 3 aromatic heterocycles. The van der Waals surface area contributed by atoms with Crippen molar-refractivity contribution >= 4 is 27.4 Å². The Labute approximate surface area is 329 Å². The van der Waals surface area contributed by atoms with Gasteiger partial charge in [0.05, 0.1) is 5.69 Å². The molecule has 1 aliphatic rings. The molecule has 0 aliphatic heterocycles. The van der Waals surface area contributed by atoms with E-state index in [2.05, 4.69) is 117 Å². The van der Waals surface area contributed by atoms with E-state index < -0.39 is 0 Å². The van der Waals surface area contributed by atoms with Gasteiger partial charge in [0.2, 0.25) is 0 Å². The second-order valence-corrected chi connectivity index (χ2v) is 13.9. The van der Waals surface area contributed by atoms with Crippen LogP contribution < -0.4 is 4.74 Å². The van der Waals surface area contributed by atoms with E-state index >= 15 is 0 Å². The first-order valence-corrected chi connectivity index (χ1v) is 18.1. The zero-order valence-corrected chi connectivity index (χ0v) is 32.4. The molecule has 9 rings (SSSR count). The van der Waals surface area contributed by atoms with Crippen LogP contribution in [0.15, 0.2) is 134 Å². The number of aryl methyl sites for hydroxylation is 2. The number of aromatic nitrogens is 4. The molecule has 3 heterocycles. The summed E-state index contributed by atoms with van der Waals surface area (Å²) in [5.74, 6) is 1.66. The van der Waals surface area contributed by atoms with Crippen LogP contribution in [0.4, 0.5) is 4.39 Å². The third-order valence-corrected chi connectivity index (χ3v) is 10.5. The normalized spacial score (nSPS) is 15.6. The van der Waals surface area contributed by atoms with Crippen LogP contribution in [0.5, 0.6) is 11.5 Å². The Morgan fingerprint density at radius 3 is 2.33 bits per heavy atom. The molecule has 268 valence electrons. The van der Waals surface area contributed by atoms with Crippen LogP contribution in [0.3, 0.4) is 0 Å². The van der Waals surface area contributed by atoms with E-state index in [4.69, 9.17) is 9.84 Å². The number of hydrogen-bond acceptors (Lipinski definition) is 3. The number of halogens is 1. The Morgan fingerprint density at radius 2 is 1.54 bits per heavy atom. The Hall–Kier alpha value is -5.58. The van der Waals surface area contributed by atoms with Gasteiger partial charge in [-0.3, -0.25) is 4.68 Å². The predicted octanol–water partition coefficient (Wildman–Crippen LogP) is 11.6. The Kier molecular flexibility index (Phi) is 9.64. The molecule has 7 heteroatoms. The molecule has 1 aliphatic carbocycles. The minimum absolute atomic E-state index is 0. The van der Waals surface area contributed by atoms with Crippen molar-refractivity contribution in [3.8, 4) is 23.0 Å².